The molecule has 1 aromatic heterocycles. The van der Waals surface area contributed by atoms with Gasteiger partial charge in [-0.25, -0.2) is 9.97 Å². The molecule has 1 fully saturated rings. The minimum atomic E-state index is -0.673. The van der Waals surface area contributed by atoms with E-state index in [1.165, 1.54) is 6.33 Å². The van der Waals surface area contributed by atoms with Crippen LogP contribution in [0.25, 0.3) is 0 Å². The number of nitrogens with zero attached hydrogens (tertiary/aromatic N) is 2. The Balaban J connectivity index is 2.22. The lowest BCUT2D eigenvalue weighted by atomic mass is 10.1. The Morgan fingerprint density at radius 3 is 2.60 bits per heavy atom. The average molecular weight is 210 g/mol. The number of aliphatic hydroxyl groups excluding tert-OH is 1. The smallest absolute Gasteiger partial charge is 0.164 e. The standard InChI is InChI=1S/C10H14N2O3/c1-10(2)14-8(5-13)9(15-10)7-3-11-6-12-4-7/h3-4,6,8-9,13H,5H2,1-2H3. The molecule has 5 heteroatoms. The van der Waals surface area contributed by atoms with Crippen molar-refractivity contribution < 1.29 is 14.6 Å². The molecule has 2 heterocycles. The summed E-state index contributed by atoms with van der Waals surface area (Å²) in [5.41, 5.74) is 0.821. The molecule has 2 rings (SSSR count). The highest BCUT2D eigenvalue weighted by atomic mass is 16.8. The van der Waals surface area contributed by atoms with Crippen LogP contribution in [-0.2, 0) is 9.47 Å². The van der Waals surface area contributed by atoms with E-state index >= 15 is 0 Å². The van der Waals surface area contributed by atoms with E-state index in [2.05, 4.69) is 9.97 Å². The second-order valence-corrected chi connectivity index (χ2v) is 3.95. The maximum absolute atomic E-state index is 9.18. The maximum Gasteiger partial charge on any atom is 0.164 e. The Hall–Kier alpha value is -1.04. The number of aromatic nitrogens is 2. The zero-order chi connectivity index (χ0) is 10.9. The van der Waals surface area contributed by atoms with Crippen LogP contribution in [0, 0.1) is 0 Å². The average Bonchev–Trinajstić information content (AvgIpc) is 2.55. The van der Waals surface area contributed by atoms with Gasteiger partial charge in [-0.2, -0.15) is 0 Å². The van der Waals surface area contributed by atoms with E-state index in [9.17, 15) is 5.11 Å². The first-order chi connectivity index (χ1) is 7.12. The molecule has 0 spiro atoms. The minimum Gasteiger partial charge on any atom is -0.394 e. The third-order valence-electron chi connectivity index (χ3n) is 2.27. The largest absolute Gasteiger partial charge is 0.394 e. The van der Waals surface area contributed by atoms with Crippen molar-refractivity contribution in [1.29, 1.82) is 0 Å². The summed E-state index contributed by atoms with van der Waals surface area (Å²) in [6.45, 7) is 3.56. The third kappa shape index (κ3) is 2.14. The van der Waals surface area contributed by atoms with Crippen LogP contribution in [-0.4, -0.2) is 33.6 Å². The zero-order valence-corrected chi connectivity index (χ0v) is 8.75. The second-order valence-electron chi connectivity index (χ2n) is 3.95. The van der Waals surface area contributed by atoms with E-state index in [4.69, 9.17) is 9.47 Å². The Labute approximate surface area is 88.1 Å². The van der Waals surface area contributed by atoms with E-state index in [0.717, 1.165) is 5.56 Å². The Kier molecular flexibility index (Phi) is 2.68. The fourth-order valence-corrected chi connectivity index (χ4v) is 1.71. The highest BCUT2D eigenvalue weighted by Gasteiger charge is 2.41. The summed E-state index contributed by atoms with van der Waals surface area (Å²) in [5, 5.41) is 9.18. The van der Waals surface area contributed by atoms with Gasteiger partial charge in [0.05, 0.1) is 6.61 Å². The predicted octanol–water partition coefficient (Wildman–Crippen LogP) is 0.661. The molecule has 2 atom stereocenters. The monoisotopic (exact) mass is 210 g/mol. The summed E-state index contributed by atoms with van der Waals surface area (Å²) in [4.78, 5) is 7.83. The van der Waals surface area contributed by atoms with Gasteiger partial charge in [0.15, 0.2) is 5.79 Å². The summed E-state index contributed by atoms with van der Waals surface area (Å²) in [7, 11) is 0. The second kappa shape index (κ2) is 3.84. The molecule has 15 heavy (non-hydrogen) atoms. The Morgan fingerprint density at radius 1 is 1.33 bits per heavy atom. The Bertz CT molecular complexity index is 329. The molecule has 0 bridgehead atoms. The lowest BCUT2D eigenvalue weighted by Crippen LogP contribution is -2.23. The molecule has 0 aromatic carbocycles. The van der Waals surface area contributed by atoms with Crippen molar-refractivity contribution in [1.82, 2.24) is 9.97 Å². The van der Waals surface area contributed by atoms with Gasteiger partial charge in [-0.05, 0) is 13.8 Å². The normalized spacial score (nSPS) is 29.3. The van der Waals surface area contributed by atoms with Crippen LogP contribution in [0.15, 0.2) is 18.7 Å². The molecule has 0 amide bonds. The van der Waals surface area contributed by atoms with Crippen LogP contribution in [0.4, 0.5) is 0 Å². The summed E-state index contributed by atoms with van der Waals surface area (Å²) >= 11 is 0. The molecule has 5 nitrogen and oxygen atoms in total. The van der Waals surface area contributed by atoms with Gasteiger partial charge in [0.25, 0.3) is 0 Å². The molecule has 1 aliphatic rings. The summed E-state index contributed by atoms with van der Waals surface area (Å²) in [6.07, 6.45) is 4.14. The van der Waals surface area contributed by atoms with E-state index in [-0.39, 0.29) is 18.8 Å². The van der Waals surface area contributed by atoms with Crippen LogP contribution >= 0.6 is 0 Å². The molecule has 1 aromatic rings. The molecule has 1 aliphatic heterocycles. The quantitative estimate of drug-likeness (QED) is 0.776. The van der Waals surface area contributed by atoms with E-state index in [1.54, 1.807) is 12.4 Å². The molecule has 2 unspecified atom stereocenters. The maximum atomic E-state index is 9.18. The highest BCUT2D eigenvalue weighted by Crippen LogP contribution is 2.37. The van der Waals surface area contributed by atoms with Gasteiger partial charge in [0.1, 0.15) is 18.5 Å². The fourth-order valence-electron chi connectivity index (χ4n) is 1.71. The molecule has 0 aliphatic carbocycles. The fraction of sp³-hybridized carbons (Fsp3) is 0.600. The van der Waals surface area contributed by atoms with Crippen molar-refractivity contribution in [2.75, 3.05) is 6.61 Å². The first-order valence-electron chi connectivity index (χ1n) is 4.84. The Morgan fingerprint density at radius 2 is 2.00 bits per heavy atom. The SMILES string of the molecule is CC1(C)OC(CO)C(c2cncnc2)O1. The first-order valence-corrected chi connectivity index (χ1v) is 4.84. The van der Waals surface area contributed by atoms with Gasteiger partial charge < -0.3 is 14.6 Å². The minimum absolute atomic E-state index is 0.0804. The number of rotatable bonds is 2. The highest BCUT2D eigenvalue weighted by molar-refractivity contribution is 5.11. The van der Waals surface area contributed by atoms with Crippen molar-refractivity contribution in [3.63, 3.8) is 0 Å². The molecule has 0 saturated carbocycles. The number of hydrogen-bond donors (Lipinski definition) is 1. The number of hydrogen-bond acceptors (Lipinski definition) is 5. The zero-order valence-electron chi connectivity index (χ0n) is 8.75. The van der Waals surface area contributed by atoms with Crippen molar-refractivity contribution in [3.05, 3.63) is 24.3 Å². The predicted molar refractivity (Wildman–Crippen MR) is 51.9 cm³/mol. The van der Waals surface area contributed by atoms with Gasteiger partial charge in [-0.15, -0.1) is 0 Å². The van der Waals surface area contributed by atoms with Crippen molar-refractivity contribution in [3.8, 4) is 0 Å². The first kappa shape index (κ1) is 10.5. The van der Waals surface area contributed by atoms with Gasteiger partial charge >= 0.3 is 0 Å². The molecule has 82 valence electrons. The molecular weight excluding hydrogens is 196 g/mol. The molecular formula is C10H14N2O3. The molecule has 0 radical (unpaired) electrons. The lowest BCUT2D eigenvalue weighted by molar-refractivity contribution is -0.149. The van der Waals surface area contributed by atoms with Crippen LogP contribution < -0.4 is 0 Å². The van der Waals surface area contributed by atoms with Crippen molar-refractivity contribution in [2.24, 2.45) is 0 Å². The van der Waals surface area contributed by atoms with E-state index < -0.39 is 5.79 Å². The molecule has 1 N–H and O–H groups in total. The lowest BCUT2D eigenvalue weighted by Gasteiger charge is -2.16. The van der Waals surface area contributed by atoms with Gasteiger partial charge in [-0.3, -0.25) is 0 Å². The van der Waals surface area contributed by atoms with E-state index in [1.807, 2.05) is 13.8 Å². The third-order valence-corrected chi connectivity index (χ3v) is 2.27. The topological polar surface area (TPSA) is 64.5 Å². The summed E-state index contributed by atoms with van der Waals surface area (Å²) < 4.78 is 11.2. The number of ether oxygens (including phenoxy) is 2. The van der Waals surface area contributed by atoms with Crippen molar-refractivity contribution in [2.45, 2.75) is 31.8 Å². The van der Waals surface area contributed by atoms with Crippen molar-refractivity contribution >= 4 is 0 Å². The van der Waals surface area contributed by atoms with E-state index in [0.29, 0.717) is 0 Å². The van der Waals surface area contributed by atoms with Gasteiger partial charge in [-0.1, -0.05) is 0 Å². The van der Waals surface area contributed by atoms with Crippen LogP contribution in [0.2, 0.25) is 0 Å². The van der Waals surface area contributed by atoms with Crippen LogP contribution in [0.1, 0.15) is 25.5 Å². The molecule has 1 saturated heterocycles. The van der Waals surface area contributed by atoms with Gasteiger partial charge in [0.2, 0.25) is 0 Å². The van der Waals surface area contributed by atoms with Crippen LogP contribution in [0.3, 0.4) is 0 Å². The number of aliphatic hydroxyl groups is 1. The summed E-state index contributed by atoms with van der Waals surface area (Å²) in [5.74, 6) is -0.673. The van der Waals surface area contributed by atoms with Crippen LogP contribution in [0.5, 0.6) is 0 Å². The van der Waals surface area contributed by atoms with Gasteiger partial charge in [0, 0.05) is 18.0 Å². The summed E-state index contributed by atoms with van der Waals surface area (Å²) in [6, 6.07) is 0.